The maximum absolute atomic E-state index is 11.6. The van der Waals surface area contributed by atoms with Crippen LogP contribution < -0.4 is 5.32 Å². The smallest absolute Gasteiger partial charge is 0.326 e. The molecule has 130 valence electrons. The number of nitrogens with one attached hydrogen (secondary N) is 1. The van der Waals surface area contributed by atoms with Crippen molar-refractivity contribution in [2.75, 3.05) is 5.32 Å². The van der Waals surface area contributed by atoms with Gasteiger partial charge >= 0.3 is 5.97 Å². The lowest BCUT2D eigenvalue weighted by molar-refractivity contribution is -0.138. The molecule has 25 heavy (non-hydrogen) atoms. The van der Waals surface area contributed by atoms with Gasteiger partial charge in [0.15, 0.2) is 0 Å². The van der Waals surface area contributed by atoms with Gasteiger partial charge in [0.25, 0.3) is 0 Å². The highest BCUT2D eigenvalue weighted by Gasteiger charge is 2.20. The van der Waals surface area contributed by atoms with E-state index in [1.54, 1.807) is 11.3 Å². The second-order valence-corrected chi connectivity index (χ2v) is 6.95. The van der Waals surface area contributed by atoms with Crippen molar-refractivity contribution < 1.29 is 9.90 Å². The Labute approximate surface area is 150 Å². The van der Waals surface area contributed by atoms with Crippen LogP contribution in [0.15, 0.2) is 36.0 Å². The molecule has 3 aromatic rings. The van der Waals surface area contributed by atoms with Crippen LogP contribution in [0.5, 0.6) is 0 Å². The number of fused-ring (bicyclic) bond motifs is 1. The fraction of sp³-hybridized carbons (Fsp3) is 0.316. The molecule has 0 aliphatic carbocycles. The van der Waals surface area contributed by atoms with Crippen LogP contribution in [0.25, 0.3) is 21.3 Å². The van der Waals surface area contributed by atoms with E-state index in [4.69, 9.17) is 0 Å². The maximum atomic E-state index is 11.6. The van der Waals surface area contributed by atoms with Gasteiger partial charge in [0.05, 0.1) is 5.39 Å². The molecule has 1 aromatic carbocycles. The first-order chi connectivity index (χ1) is 12.1. The summed E-state index contributed by atoms with van der Waals surface area (Å²) in [6.45, 7) is 4.10. The van der Waals surface area contributed by atoms with Crippen molar-refractivity contribution in [1.29, 1.82) is 0 Å². The van der Waals surface area contributed by atoms with E-state index >= 15 is 0 Å². The molecule has 0 aliphatic rings. The topological polar surface area (TPSA) is 75.1 Å². The number of aryl methyl sites for hydroxylation is 1. The Bertz CT molecular complexity index is 874. The summed E-state index contributed by atoms with van der Waals surface area (Å²) in [5.74, 6) is -0.266. The molecule has 1 atom stereocenters. The van der Waals surface area contributed by atoms with Gasteiger partial charge in [0.1, 0.15) is 23.0 Å². The number of nitrogens with zero attached hydrogens (tertiary/aromatic N) is 2. The summed E-state index contributed by atoms with van der Waals surface area (Å²) in [6.07, 6.45) is 3.87. The lowest BCUT2D eigenvalue weighted by atomic mass is 10.0. The number of anilines is 1. The third-order valence-electron chi connectivity index (χ3n) is 4.19. The number of hydrogen-bond acceptors (Lipinski definition) is 5. The summed E-state index contributed by atoms with van der Waals surface area (Å²) >= 11 is 1.54. The summed E-state index contributed by atoms with van der Waals surface area (Å²) in [6, 6.07) is 7.62. The van der Waals surface area contributed by atoms with Gasteiger partial charge in [-0.1, -0.05) is 49.6 Å². The summed E-state index contributed by atoms with van der Waals surface area (Å²) in [5, 5.41) is 15.6. The number of carboxylic acid groups (broad SMARTS) is 1. The fourth-order valence-electron chi connectivity index (χ4n) is 2.76. The predicted molar refractivity (Wildman–Crippen MR) is 102 cm³/mol. The van der Waals surface area contributed by atoms with Crippen LogP contribution in [0, 0.1) is 6.92 Å². The standard InChI is InChI=1S/C19H21N3O2S/c1-3-4-5-15(19(23)24)22-17-16-14(10-25-18(16)21-11-20-17)13-8-6-12(2)7-9-13/h6-11,15H,3-5H2,1-2H3,(H,23,24)(H,20,21,22). The molecule has 0 radical (unpaired) electrons. The normalized spacial score (nSPS) is 12.2. The highest BCUT2D eigenvalue weighted by atomic mass is 32.1. The van der Waals surface area contributed by atoms with E-state index in [0.717, 1.165) is 34.2 Å². The number of carbonyl (C=O) groups is 1. The Morgan fingerprint density at radius 1 is 1.28 bits per heavy atom. The third kappa shape index (κ3) is 3.79. The molecule has 6 heteroatoms. The fourth-order valence-corrected chi connectivity index (χ4v) is 3.68. The van der Waals surface area contributed by atoms with Gasteiger partial charge in [-0.15, -0.1) is 11.3 Å². The van der Waals surface area contributed by atoms with Gasteiger partial charge in [-0.3, -0.25) is 0 Å². The highest BCUT2D eigenvalue weighted by Crippen LogP contribution is 2.36. The molecule has 3 rings (SSSR count). The first-order valence-electron chi connectivity index (χ1n) is 8.38. The van der Waals surface area contributed by atoms with Crippen molar-refractivity contribution in [2.24, 2.45) is 0 Å². The summed E-state index contributed by atoms with van der Waals surface area (Å²) < 4.78 is 0. The molecular formula is C19H21N3O2S. The van der Waals surface area contributed by atoms with Gasteiger partial charge in [-0.25, -0.2) is 14.8 Å². The zero-order chi connectivity index (χ0) is 17.8. The van der Waals surface area contributed by atoms with Gasteiger partial charge < -0.3 is 10.4 Å². The molecule has 0 spiro atoms. The molecule has 0 bridgehead atoms. The van der Waals surface area contributed by atoms with Gasteiger partial charge in [-0.05, 0) is 18.9 Å². The number of unbranched alkanes of at least 4 members (excludes halogenated alkanes) is 1. The number of benzene rings is 1. The van der Waals surface area contributed by atoms with E-state index in [1.807, 2.05) is 0 Å². The second kappa shape index (κ2) is 7.61. The number of hydrogen-bond donors (Lipinski definition) is 2. The number of aromatic nitrogens is 2. The molecule has 2 N–H and O–H groups in total. The molecule has 0 saturated carbocycles. The Hall–Kier alpha value is -2.47. The summed E-state index contributed by atoms with van der Waals surface area (Å²) in [5.41, 5.74) is 3.31. The van der Waals surface area contributed by atoms with Crippen LogP contribution in [0.2, 0.25) is 0 Å². The first-order valence-corrected chi connectivity index (χ1v) is 9.26. The van der Waals surface area contributed by atoms with Crippen molar-refractivity contribution in [2.45, 2.75) is 39.2 Å². The van der Waals surface area contributed by atoms with E-state index in [9.17, 15) is 9.90 Å². The van der Waals surface area contributed by atoms with E-state index in [-0.39, 0.29) is 0 Å². The molecule has 2 heterocycles. The number of thiophene rings is 1. The molecule has 5 nitrogen and oxygen atoms in total. The van der Waals surface area contributed by atoms with Crippen LogP contribution in [-0.4, -0.2) is 27.1 Å². The number of aliphatic carboxylic acids is 1. The molecular weight excluding hydrogens is 334 g/mol. The Kier molecular flexibility index (Phi) is 5.28. The predicted octanol–water partition coefficient (Wildman–Crippen LogP) is 4.72. The quantitative estimate of drug-likeness (QED) is 0.641. The maximum Gasteiger partial charge on any atom is 0.326 e. The molecule has 0 aliphatic heterocycles. The molecule has 0 saturated heterocycles. The minimum Gasteiger partial charge on any atom is -0.480 e. The number of carboxylic acids is 1. The van der Waals surface area contributed by atoms with Crippen molar-refractivity contribution in [3.63, 3.8) is 0 Å². The SMILES string of the molecule is CCCCC(Nc1ncnc2scc(-c3ccc(C)cc3)c12)C(=O)O. The largest absolute Gasteiger partial charge is 0.480 e. The second-order valence-electron chi connectivity index (χ2n) is 6.10. The summed E-state index contributed by atoms with van der Waals surface area (Å²) in [4.78, 5) is 21.1. The van der Waals surface area contributed by atoms with Crippen LogP contribution >= 0.6 is 11.3 Å². The minimum absolute atomic E-state index is 0.571. The van der Waals surface area contributed by atoms with Crippen LogP contribution in [-0.2, 0) is 4.79 Å². The summed E-state index contributed by atoms with van der Waals surface area (Å²) in [7, 11) is 0. The van der Waals surface area contributed by atoms with Crippen molar-refractivity contribution in [3.8, 4) is 11.1 Å². The van der Waals surface area contributed by atoms with Crippen molar-refractivity contribution in [1.82, 2.24) is 9.97 Å². The highest BCUT2D eigenvalue weighted by molar-refractivity contribution is 7.17. The average Bonchev–Trinajstić information content (AvgIpc) is 3.04. The Morgan fingerprint density at radius 3 is 2.72 bits per heavy atom. The van der Waals surface area contributed by atoms with Crippen LogP contribution in [0.4, 0.5) is 5.82 Å². The number of rotatable bonds is 7. The van der Waals surface area contributed by atoms with Crippen molar-refractivity contribution in [3.05, 3.63) is 41.5 Å². The first kappa shape index (κ1) is 17.4. The lowest BCUT2D eigenvalue weighted by Gasteiger charge is -2.15. The average molecular weight is 355 g/mol. The van der Waals surface area contributed by atoms with E-state index < -0.39 is 12.0 Å². The Balaban J connectivity index is 2.02. The molecule has 1 unspecified atom stereocenters. The van der Waals surface area contributed by atoms with Gasteiger partial charge in [-0.2, -0.15) is 0 Å². The molecule has 0 fully saturated rings. The zero-order valence-corrected chi connectivity index (χ0v) is 15.1. The minimum atomic E-state index is -0.854. The van der Waals surface area contributed by atoms with Crippen LogP contribution in [0.1, 0.15) is 31.7 Å². The lowest BCUT2D eigenvalue weighted by Crippen LogP contribution is -2.29. The van der Waals surface area contributed by atoms with Crippen molar-refractivity contribution >= 4 is 33.3 Å². The Morgan fingerprint density at radius 2 is 2.04 bits per heavy atom. The third-order valence-corrected chi connectivity index (χ3v) is 5.07. The van der Waals surface area contributed by atoms with E-state index in [0.29, 0.717) is 12.2 Å². The van der Waals surface area contributed by atoms with E-state index in [2.05, 4.69) is 58.8 Å². The van der Waals surface area contributed by atoms with Crippen LogP contribution in [0.3, 0.4) is 0 Å². The molecule has 2 aromatic heterocycles. The molecule has 0 amide bonds. The van der Waals surface area contributed by atoms with Gasteiger partial charge in [0.2, 0.25) is 0 Å². The van der Waals surface area contributed by atoms with Gasteiger partial charge in [0, 0.05) is 10.9 Å². The van der Waals surface area contributed by atoms with E-state index in [1.165, 1.54) is 11.9 Å². The monoisotopic (exact) mass is 355 g/mol. The zero-order valence-electron chi connectivity index (χ0n) is 14.3.